The van der Waals surface area contributed by atoms with E-state index in [1.807, 2.05) is 37.3 Å². The lowest BCUT2D eigenvalue weighted by Crippen LogP contribution is -2.40. The Labute approximate surface area is 167 Å². The minimum Gasteiger partial charge on any atom is -0.494 e. The molecule has 3 rings (SSSR count). The second kappa shape index (κ2) is 9.24. The standard InChI is InChI=1S/C23H28O2SSi/c1-4-24-19-12-14-23(15-13-19)27(2,3)16-8-11-22-17-21(18-26-22)25-20-9-6-5-7-10-20/h5-7,9-10,12-15,17-18H,4,8,11,16H2,1-3H3. The van der Waals surface area contributed by atoms with E-state index in [-0.39, 0.29) is 0 Å². The van der Waals surface area contributed by atoms with Crippen molar-refractivity contribution < 1.29 is 9.47 Å². The minimum atomic E-state index is -1.42. The van der Waals surface area contributed by atoms with Gasteiger partial charge in [0.15, 0.2) is 0 Å². The molecule has 0 atom stereocenters. The molecule has 0 bridgehead atoms. The van der Waals surface area contributed by atoms with E-state index in [2.05, 4.69) is 48.8 Å². The van der Waals surface area contributed by atoms with Crippen molar-refractivity contribution in [2.45, 2.75) is 38.9 Å². The molecule has 3 aromatic rings. The van der Waals surface area contributed by atoms with Crippen molar-refractivity contribution in [3.63, 3.8) is 0 Å². The van der Waals surface area contributed by atoms with Crippen molar-refractivity contribution in [3.05, 3.63) is 70.9 Å². The van der Waals surface area contributed by atoms with Crippen LogP contribution in [0.4, 0.5) is 0 Å². The van der Waals surface area contributed by atoms with E-state index in [1.54, 1.807) is 11.3 Å². The van der Waals surface area contributed by atoms with Crippen LogP contribution in [0.1, 0.15) is 18.2 Å². The number of thiophene rings is 1. The van der Waals surface area contributed by atoms with Gasteiger partial charge >= 0.3 is 0 Å². The first-order valence-electron chi connectivity index (χ1n) is 9.60. The van der Waals surface area contributed by atoms with Crippen LogP contribution in [0.15, 0.2) is 66.0 Å². The molecular formula is C23H28O2SSi. The van der Waals surface area contributed by atoms with Crippen molar-refractivity contribution >= 4 is 24.6 Å². The van der Waals surface area contributed by atoms with Crippen molar-refractivity contribution in [3.8, 4) is 17.2 Å². The maximum Gasteiger partial charge on any atom is 0.138 e. The highest BCUT2D eigenvalue weighted by atomic mass is 32.1. The molecule has 0 saturated heterocycles. The van der Waals surface area contributed by atoms with Crippen LogP contribution in [-0.4, -0.2) is 14.7 Å². The molecule has 0 aliphatic heterocycles. The van der Waals surface area contributed by atoms with E-state index < -0.39 is 8.07 Å². The van der Waals surface area contributed by atoms with E-state index >= 15 is 0 Å². The molecule has 0 aliphatic carbocycles. The lowest BCUT2D eigenvalue weighted by Gasteiger charge is -2.23. The maximum atomic E-state index is 5.91. The molecule has 0 N–H and O–H groups in total. The average molecular weight is 397 g/mol. The number of rotatable bonds is 9. The normalized spacial score (nSPS) is 11.4. The van der Waals surface area contributed by atoms with Crippen LogP contribution in [0.5, 0.6) is 17.2 Å². The lowest BCUT2D eigenvalue weighted by atomic mass is 10.3. The van der Waals surface area contributed by atoms with E-state index in [9.17, 15) is 0 Å². The van der Waals surface area contributed by atoms with Gasteiger partial charge in [0.05, 0.1) is 14.7 Å². The Hall–Kier alpha value is -2.04. The monoisotopic (exact) mass is 396 g/mol. The Balaban J connectivity index is 1.51. The molecule has 0 saturated carbocycles. The van der Waals surface area contributed by atoms with Gasteiger partial charge in [0.2, 0.25) is 0 Å². The summed E-state index contributed by atoms with van der Waals surface area (Å²) >= 11 is 1.80. The zero-order valence-electron chi connectivity index (χ0n) is 16.4. The number of benzene rings is 2. The molecule has 0 spiro atoms. The number of para-hydroxylation sites is 1. The van der Waals surface area contributed by atoms with Gasteiger partial charge in [-0.2, -0.15) is 0 Å². The van der Waals surface area contributed by atoms with Crippen molar-refractivity contribution in [1.29, 1.82) is 0 Å². The Morgan fingerprint density at radius 2 is 1.63 bits per heavy atom. The van der Waals surface area contributed by atoms with Crippen LogP contribution in [0.2, 0.25) is 19.1 Å². The van der Waals surface area contributed by atoms with Gasteiger partial charge in [-0.25, -0.2) is 0 Å². The van der Waals surface area contributed by atoms with Gasteiger partial charge in [-0.15, -0.1) is 11.3 Å². The minimum absolute atomic E-state index is 0.719. The third-order valence-electron chi connectivity index (χ3n) is 4.78. The van der Waals surface area contributed by atoms with Crippen molar-refractivity contribution in [2.75, 3.05) is 6.61 Å². The number of ether oxygens (including phenoxy) is 2. The zero-order valence-corrected chi connectivity index (χ0v) is 18.2. The Bertz CT molecular complexity index is 825. The summed E-state index contributed by atoms with van der Waals surface area (Å²) in [7, 11) is -1.42. The fourth-order valence-corrected chi connectivity index (χ4v) is 6.44. The Morgan fingerprint density at radius 1 is 0.889 bits per heavy atom. The summed E-state index contributed by atoms with van der Waals surface area (Å²) in [6, 6.07) is 22.2. The van der Waals surface area contributed by atoms with Crippen LogP contribution in [-0.2, 0) is 6.42 Å². The van der Waals surface area contributed by atoms with E-state index in [0.29, 0.717) is 0 Å². The maximum absolute atomic E-state index is 5.91. The number of hydrogen-bond acceptors (Lipinski definition) is 3. The lowest BCUT2D eigenvalue weighted by molar-refractivity contribution is 0.340. The molecular weight excluding hydrogens is 368 g/mol. The molecule has 2 nitrogen and oxygen atoms in total. The SMILES string of the molecule is CCOc1ccc([Si](C)(C)CCCc2cc(Oc3ccccc3)cs2)cc1. The fraction of sp³-hybridized carbons (Fsp3) is 0.304. The molecule has 142 valence electrons. The highest BCUT2D eigenvalue weighted by Gasteiger charge is 2.22. The van der Waals surface area contributed by atoms with E-state index in [1.165, 1.54) is 22.5 Å². The second-order valence-electron chi connectivity index (χ2n) is 7.36. The van der Waals surface area contributed by atoms with Crippen LogP contribution in [0.25, 0.3) is 0 Å². The zero-order chi connectivity index (χ0) is 19.1. The smallest absolute Gasteiger partial charge is 0.138 e. The van der Waals surface area contributed by atoms with Gasteiger partial charge in [-0.1, -0.05) is 61.1 Å². The number of aryl methyl sites for hydroxylation is 1. The molecule has 0 amide bonds. The number of hydrogen-bond donors (Lipinski definition) is 0. The van der Waals surface area contributed by atoms with Crippen molar-refractivity contribution in [1.82, 2.24) is 0 Å². The largest absolute Gasteiger partial charge is 0.494 e. The Morgan fingerprint density at radius 3 is 2.33 bits per heavy atom. The quantitative estimate of drug-likeness (QED) is 0.385. The first kappa shape index (κ1) is 19.7. The third kappa shape index (κ3) is 5.71. The highest BCUT2D eigenvalue weighted by Crippen LogP contribution is 2.28. The predicted molar refractivity (Wildman–Crippen MR) is 119 cm³/mol. The topological polar surface area (TPSA) is 18.5 Å². The van der Waals surface area contributed by atoms with Crippen molar-refractivity contribution in [2.24, 2.45) is 0 Å². The molecule has 0 aliphatic rings. The van der Waals surface area contributed by atoms with Gasteiger partial charge < -0.3 is 9.47 Å². The third-order valence-corrected chi connectivity index (χ3v) is 9.26. The molecule has 4 heteroatoms. The van der Waals surface area contributed by atoms with Gasteiger partial charge in [0.1, 0.15) is 17.2 Å². The second-order valence-corrected chi connectivity index (χ2v) is 13.2. The summed E-state index contributed by atoms with van der Waals surface area (Å²) in [5.41, 5.74) is 0. The Kier molecular flexibility index (Phi) is 6.75. The molecule has 0 unspecified atom stereocenters. The molecule has 27 heavy (non-hydrogen) atoms. The summed E-state index contributed by atoms with van der Waals surface area (Å²) in [5.74, 6) is 2.81. The molecule has 0 radical (unpaired) electrons. The molecule has 1 heterocycles. The highest BCUT2D eigenvalue weighted by molar-refractivity contribution is 7.10. The summed E-state index contributed by atoms with van der Waals surface area (Å²) in [6.45, 7) is 7.66. The average Bonchev–Trinajstić information content (AvgIpc) is 3.10. The summed E-state index contributed by atoms with van der Waals surface area (Å²) in [4.78, 5) is 1.40. The first-order chi connectivity index (χ1) is 13.1. The first-order valence-corrected chi connectivity index (χ1v) is 13.7. The van der Waals surface area contributed by atoms with Crippen LogP contribution in [0.3, 0.4) is 0 Å². The van der Waals surface area contributed by atoms with Gasteiger partial charge in [-0.3, -0.25) is 0 Å². The van der Waals surface area contributed by atoms with E-state index in [0.717, 1.165) is 30.3 Å². The summed E-state index contributed by atoms with van der Waals surface area (Å²) in [6.07, 6.45) is 2.34. The fourth-order valence-electron chi connectivity index (χ4n) is 3.19. The van der Waals surface area contributed by atoms with Crippen LogP contribution in [0, 0.1) is 0 Å². The van der Waals surface area contributed by atoms with Crippen LogP contribution < -0.4 is 14.7 Å². The van der Waals surface area contributed by atoms with Gasteiger partial charge in [0, 0.05) is 10.3 Å². The van der Waals surface area contributed by atoms with Gasteiger partial charge in [0.25, 0.3) is 0 Å². The summed E-state index contributed by atoms with van der Waals surface area (Å²) < 4.78 is 11.5. The predicted octanol–water partition coefficient (Wildman–Crippen LogP) is 6.49. The molecule has 2 aromatic carbocycles. The van der Waals surface area contributed by atoms with Gasteiger partial charge in [-0.05, 0) is 43.7 Å². The molecule has 1 aromatic heterocycles. The molecule has 0 fully saturated rings. The van der Waals surface area contributed by atoms with E-state index in [4.69, 9.17) is 9.47 Å². The summed E-state index contributed by atoms with van der Waals surface area (Å²) in [5, 5.41) is 3.61. The van der Waals surface area contributed by atoms with Crippen LogP contribution >= 0.6 is 11.3 Å².